The van der Waals surface area contributed by atoms with Gasteiger partial charge in [-0.3, -0.25) is 4.79 Å². The van der Waals surface area contributed by atoms with Crippen LogP contribution < -0.4 is 0 Å². The molecule has 2 aromatic carbocycles. The molecule has 1 N–H and O–H groups in total. The predicted molar refractivity (Wildman–Crippen MR) is 82.0 cm³/mol. The number of hydrogen-bond donors (Lipinski definition) is 1. The quantitative estimate of drug-likeness (QED) is 0.947. The van der Waals surface area contributed by atoms with Crippen molar-refractivity contribution in [2.75, 3.05) is 6.54 Å². The molecule has 0 spiro atoms. The van der Waals surface area contributed by atoms with E-state index in [4.69, 9.17) is 5.11 Å². The summed E-state index contributed by atoms with van der Waals surface area (Å²) < 4.78 is 13.2. The second-order valence-electron chi connectivity index (χ2n) is 5.12. The number of carboxylic acids is 1. The SMILES string of the molecule is O=C(O)c1cccc(C2=NN(C(=O)c3cccc(F)c3)CC2)c1. The number of carbonyl (C=O) groups excluding carboxylic acids is 1. The van der Waals surface area contributed by atoms with Crippen LogP contribution in [0.1, 0.15) is 32.7 Å². The van der Waals surface area contributed by atoms with Crippen molar-refractivity contribution >= 4 is 17.6 Å². The summed E-state index contributed by atoms with van der Waals surface area (Å²) in [6, 6.07) is 11.9. The Morgan fingerprint density at radius 3 is 2.57 bits per heavy atom. The summed E-state index contributed by atoms with van der Waals surface area (Å²) in [5, 5.41) is 14.6. The second-order valence-corrected chi connectivity index (χ2v) is 5.12. The lowest BCUT2D eigenvalue weighted by atomic mass is 10.1. The number of halogens is 1. The van der Waals surface area contributed by atoms with E-state index in [0.29, 0.717) is 24.2 Å². The van der Waals surface area contributed by atoms with Crippen LogP contribution >= 0.6 is 0 Å². The Morgan fingerprint density at radius 1 is 1.09 bits per heavy atom. The Kier molecular flexibility index (Phi) is 3.89. The molecule has 1 aliphatic heterocycles. The van der Waals surface area contributed by atoms with Gasteiger partial charge in [0.05, 0.1) is 17.8 Å². The average molecular weight is 312 g/mol. The predicted octanol–water partition coefficient (Wildman–Crippen LogP) is 2.77. The van der Waals surface area contributed by atoms with Crippen molar-refractivity contribution < 1.29 is 19.1 Å². The number of carbonyl (C=O) groups is 2. The monoisotopic (exact) mass is 312 g/mol. The molecule has 1 aliphatic rings. The van der Waals surface area contributed by atoms with Crippen LogP contribution in [0.15, 0.2) is 53.6 Å². The smallest absolute Gasteiger partial charge is 0.335 e. The van der Waals surface area contributed by atoms with Gasteiger partial charge < -0.3 is 5.11 Å². The number of hydrazone groups is 1. The van der Waals surface area contributed by atoms with Gasteiger partial charge in [0, 0.05) is 12.0 Å². The molecule has 1 amide bonds. The van der Waals surface area contributed by atoms with E-state index < -0.39 is 11.8 Å². The van der Waals surface area contributed by atoms with Crippen LogP contribution in [-0.4, -0.2) is 34.2 Å². The van der Waals surface area contributed by atoms with Crippen molar-refractivity contribution in [3.63, 3.8) is 0 Å². The molecular formula is C17H13FN2O3. The molecule has 1 heterocycles. The standard InChI is InChI=1S/C17H13FN2O3/c18-14-6-2-4-12(10-14)16(21)20-8-7-15(19-20)11-3-1-5-13(9-11)17(22)23/h1-6,9-10H,7-8H2,(H,22,23). The average Bonchev–Trinajstić information content (AvgIpc) is 3.04. The van der Waals surface area contributed by atoms with Gasteiger partial charge in [-0.1, -0.05) is 18.2 Å². The molecule has 0 unspecified atom stereocenters. The normalized spacial score (nSPS) is 13.8. The third-order valence-electron chi connectivity index (χ3n) is 3.55. The van der Waals surface area contributed by atoms with E-state index in [-0.39, 0.29) is 17.0 Å². The van der Waals surface area contributed by atoms with Gasteiger partial charge in [0.15, 0.2) is 0 Å². The molecule has 5 nitrogen and oxygen atoms in total. The molecule has 0 saturated carbocycles. The van der Waals surface area contributed by atoms with Crippen LogP contribution in [-0.2, 0) is 0 Å². The highest BCUT2D eigenvalue weighted by molar-refractivity contribution is 6.05. The first kappa shape index (κ1) is 14.9. The molecule has 2 aromatic rings. The van der Waals surface area contributed by atoms with E-state index in [1.165, 1.54) is 41.4 Å². The molecule has 0 atom stereocenters. The molecule has 0 fully saturated rings. The van der Waals surface area contributed by atoms with Crippen LogP contribution in [0, 0.1) is 5.82 Å². The van der Waals surface area contributed by atoms with Crippen LogP contribution in [0.5, 0.6) is 0 Å². The van der Waals surface area contributed by atoms with Crippen LogP contribution in [0.4, 0.5) is 4.39 Å². The van der Waals surface area contributed by atoms with E-state index in [2.05, 4.69) is 5.10 Å². The topological polar surface area (TPSA) is 70.0 Å². The minimum atomic E-state index is -1.02. The lowest BCUT2D eigenvalue weighted by Crippen LogP contribution is -2.23. The van der Waals surface area contributed by atoms with Gasteiger partial charge in [0.2, 0.25) is 0 Å². The van der Waals surface area contributed by atoms with Gasteiger partial charge in [-0.2, -0.15) is 5.10 Å². The van der Waals surface area contributed by atoms with Gasteiger partial charge in [-0.05, 0) is 35.9 Å². The van der Waals surface area contributed by atoms with Crippen molar-refractivity contribution in [1.29, 1.82) is 0 Å². The molecule has 0 radical (unpaired) electrons. The highest BCUT2D eigenvalue weighted by atomic mass is 19.1. The highest BCUT2D eigenvalue weighted by Crippen LogP contribution is 2.18. The van der Waals surface area contributed by atoms with Gasteiger partial charge in [0.1, 0.15) is 5.82 Å². The Labute approximate surface area is 131 Å². The third kappa shape index (κ3) is 3.11. The third-order valence-corrected chi connectivity index (χ3v) is 3.55. The van der Waals surface area contributed by atoms with E-state index in [1.807, 2.05) is 0 Å². The number of benzene rings is 2. The maximum Gasteiger partial charge on any atom is 0.335 e. The maximum absolute atomic E-state index is 13.2. The Morgan fingerprint density at radius 2 is 1.83 bits per heavy atom. The van der Waals surface area contributed by atoms with Crippen molar-refractivity contribution in [1.82, 2.24) is 5.01 Å². The van der Waals surface area contributed by atoms with Gasteiger partial charge in [-0.25, -0.2) is 14.2 Å². The summed E-state index contributed by atoms with van der Waals surface area (Å²) in [4.78, 5) is 23.3. The summed E-state index contributed by atoms with van der Waals surface area (Å²) in [6.45, 7) is 0.377. The van der Waals surface area contributed by atoms with Gasteiger partial charge in [-0.15, -0.1) is 0 Å². The van der Waals surface area contributed by atoms with Crippen molar-refractivity contribution in [3.8, 4) is 0 Å². The fraction of sp³-hybridized carbons (Fsp3) is 0.118. The largest absolute Gasteiger partial charge is 0.478 e. The molecule has 0 aromatic heterocycles. The molecule has 23 heavy (non-hydrogen) atoms. The van der Waals surface area contributed by atoms with E-state index >= 15 is 0 Å². The summed E-state index contributed by atoms with van der Waals surface area (Å²) in [6.07, 6.45) is 0.518. The highest BCUT2D eigenvalue weighted by Gasteiger charge is 2.23. The molecular weight excluding hydrogens is 299 g/mol. The Balaban J connectivity index is 1.85. The maximum atomic E-state index is 13.2. The minimum absolute atomic E-state index is 0.167. The first-order valence-electron chi connectivity index (χ1n) is 7.03. The summed E-state index contributed by atoms with van der Waals surface area (Å²) >= 11 is 0. The number of rotatable bonds is 3. The van der Waals surface area contributed by atoms with Crippen LogP contribution in [0.3, 0.4) is 0 Å². The number of nitrogens with zero attached hydrogens (tertiary/aromatic N) is 2. The minimum Gasteiger partial charge on any atom is -0.478 e. The Bertz CT molecular complexity index is 817. The van der Waals surface area contributed by atoms with E-state index in [1.54, 1.807) is 12.1 Å². The lowest BCUT2D eigenvalue weighted by molar-refractivity contribution is 0.0696. The van der Waals surface area contributed by atoms with Crippen molar-refractivity contribution in [2.24, 2.45) is 5.10 Å². The van der Waals surface area contributed by atoms with Gasteiger partial charge >= 0.3 is 5.97 Å². The summed E-state index contributed by atoms with van der Waals surface area (Å²) in [7, 11) is 0. The molecule has 0 aliphatic carbocycles. The van der Waals surface area contributed by atoms with Crippen LogP contribution in [0.25, 0.3) is 0 Å². The zero-order valence-corrected chi connectivity index (χ0v) is 12.1. The van der Waals surface area contributed by atoms with E-state index in [0.717, 1.165) is 0 Å². The lowest BCUT2D eigenvalue weighted by Gasteiger charge is -2.11. The second kappa shape index (κ2) is 6.00. The summed E-state index contributed by atoms with van der Waals surface area (Å²) in [5.41, 5.74) is 1.70. The number of aromatic carboxylic acids is 1. The zero-order chi connectivity index (χ0) is 16.4. The van der Waals surface area contributed by atoms with Crippen LogP contribution in [0.2, 0.25) is 0 Å². The molecule has 0 saturated heterocycles. The number of hydrogen-bond acceptors (Lipinski definition) is 3. The summed E-state index contributed by atoms with van der Waals surface area (Å²) in [5.74, 6) is -1.87. The van der Waals surface area contributed by atoms with Crippen molar-refractivity contribution in [3.05, 3.63) is 71.0 Å². The number of amides is 1. The first-order chi connectivity index (χ1) is 11.0. The molecule has 116 valence electrons. The Hall–Kier alpha value is -3.02. The van der Waals surface area contributed by atoms with Gasteiger partial charge in [0.25, 0.3) is 5.91 Å². The van der Waals surface area contributed by atoms with Crippen molar-refractivity contribution in [2.45, 2.75) is 6.42 Å². The fourth-order valence-corrected chi connectivity index (χ4v) is 2.41. The fourth-order valence-electron chi connectivity index (χ4n) is 2.41. The van der Waals surface area contributed by atoms with E-state index in [9.17, 15) is 14.0 Å². The molecule has 3 rings (SSSR count). The number of carboxylic acid groups (broad SMARTS) is 1. The molecule has 6 heteroatoms. The zero-order valence-electron chi connectivity index (χ0n) is 12.1. The first-order valence-corrected chi connectivity index (χ1v) is 7.03. The molecule has 0 bridgehead atoms.